The van der Waals surface area contributed by atoms with Crippen LogP contribution >= 0.6 is 0 Å². The molecular weight excluding hydrogens is 306 g/mol. The largest absolute Gasteiger partial charge is 0.386 e. The van der Waals surface area contributed by atoms with Crippen molar-refractivity contribution in [2.75, 3.05) is 54.1 Å². The van der Waals surface area contributed by atoms with E-state index in [0.29, 0.717) is 17.9 Å². The summed E-state index contributed by atoms with van der Waals surface area (Å²) in [6.07, 6.45) is 2.41. The molecule has 0 bridgehead atoms. The molecule has 1 aromatic carbocycles. The number of hydrogen-bond acceptors (Lipinski definition) is 7. The molecule has 1 amide bonds. The first-order valence-electron chi connectivity index (χ1n) is 7.88. The summed E-state index contributed by atoms with van der Waals surface area (Å²) in [5, 5.41) is 12.3. The monoisotopic (exact) mass is 327 g/mol. The lowest BCUT2D eigenvalue weighted by atomic mass is 10.2. The lowest BCUT2D eigenvalue weighted by Gasteiger charge is -2.27. The van der Waals surface area contributed by atoms with Gasteiger partial charge in [-0.25, -0.2) is 4.98 Å². The van der Waals surface area contributed by atoms with Crippen molar-refractivity contribution in [3.63, 3.8) is 0 Å². The highest BCUT2D eigenvalue weighted by atomic mass is 16.1. The second-order valence-electron chi connectivity index (χ2n) is 5.38. The summed E-state index contributed by atoms with van der Waals surface area (Å²) < 4.78 is 0. The Morgan fingerprint density at radius 3 is 2.79 bits per heavy atom. The van der Waals surface area contributed by atoms with Crippen LogP contribution in [0.4, 0.5) is 28.8 Å². The van der Waals surface area contributed by atoms with Crippen LogP contribution in [0.2, 0.25) is 0 Å². The van der Waals surface area contributed by atoms with E-state index in [1.165, 1.54) is 0 Å². The molecule has 24 heavy (non-hydrogen) atoms. The van der Waals surface area contributed by atoms with E-state index in [-0.39, 0.29) is 0 Å². The normalized spacial score (nSPS) is 14.1. The lowest BCUT2D eigenvalue weighted by molar-refractivity contribution is -0.105. The Labute approximate surface area is 140 Å². The van der Waals surface area contributed by atoms with E-state index in [1.54, 1.807) is 6.20 Å². The molecule has 1 saturated heterocycles. The zero-order valence-electron chi connectivity index (χ0n) is 13.5. The second kappa shape index (κ2) is 7.60. The van der Waals surface area contributed by atoms with Crippen molar-refractivity contribution in [3.8, 4) is 0 Å². The molecule has 1 aromatic heterocycles. The molecule has 2 aromatic rings. The van der Waals surface area contributed by atoms with E-state index in [0.717, 1.165) is 43.5 Å². The van der Waals surface area contributed by atoms with E-state index >= 15 is 0 Å². The SMILES string of the molecule is CNc1ccc(Nc2ccnc(N3CCNCC3)n2)cc1NC=O. The highest BCUT2D eigenvalue weighted by Crippen LogP contribution is 2.26. The van der Waals surface area contributed by atoms with Crippen molar-refractivity contribution in [1.82, 2.24) is 15.3 Å². The summed E-state index contributed by atoms with van der Waals surface area (Å²) in [7, 11) is 1.81. The van der Waals surface area contributed by atoms with Gasteiger partial charge in [-0.3, -0.25) is 4.79 Å². The summed E-state index contributed by atoms with van der Waals surface area (Å²) in [4.78, 5) is 21.8. The van der Waals surface area contributed by atoms with Crippen LogP contribution in [0.25, 0.3) is 0 Å². The molecule has 0 unspecified atom stereocenters. The average Bonchev–Trinajstić information content (AvgIpc) is 2.63. The van der Waals surface area contributed by atoms with Gasteiger partial charge >= 0.3 is 0 Å². The van der Waals surface area contributed by atoms with Crippen LogP contribution < -0.4 is 26.2 Å². The Balaban J connectivity index is 1.78. The smallest absolute Gasteiger partial charge is 0.227 e. The Morgan fingerprint density at radius 2 is 2.04 bits per heavy atom. The van der Waals surface area contributed by atoms with Crippen molar-refractivity contribution >= 4 is 35.2 Å². The van der Waals surface area contributed by atoms with Gasteiger partial charge in [0.2, 0.25) is 12.4 Å². The summed E-state index contributed by atoms with van der Waals surface area (Å²) >= 11 is 0. The van der Waals surface area contributed by atoms with Gasteiger partial charge in [0.15, 0.2) is 0 Å². The van der Waals surface area contributed by atoms with E-state index in [4.69, 9.17) is 0 Å². The van der Waals surface area contributed by atoms with Crippen LogP contribution in [0.5, 0.6) is 0 Å². The van der Waals surface area contributed by atoms with E-state index < -0.39 is 0 Å². The number of carbonyl (C=O) groups is 1. The van der Waals surface area contributed by atoms with Gasteiger partial charge in [0.05, 0.1) is 11.4 Å². The fourth-order valence-corrected chi connectivity index (χ4v) is 2.61. The quantitative estimate of drug-likeness (QED) is 0.593. The Kier molecular flexibility index (Phi) is 5.07. The third-order valence-corrected chi connectivity index (χ3v) is 3.82. The molecule has 0 aliphatic carbocycles. The van der Waals surface area contributed by atoms with Gasteiger partial charge in [0.1, 0.15) is 5.82 Å². The fourth-order valence-electron chi connectivity index (χ4n) is 2.61. The number of nitrogens with one attached hydrogen (secondary N) is 4. The lowest BCUT2D eigenvalue weighted by Crippen LogP contribution is -2.44. The molecule has 2 heterocycles. The first-order chi connectivity index (χ1) is 11.8. The highest BCUT2D eigenvalue weighted by molar-refractivity contribution is 5.83. The van der Waals surface area contributed by atoms with Crippen molar-refractivity contribution in [2.45, 2.75) is 0 Å². The van der Waals surface area contributed by atoms with Gasteiger partial charge in [0.25, 0.3) is 0 Å². The number of hydrogen-bond donors (Lipinski definition) is 4. The summed E-state index contributed by atoms with van der Waals surface area (Å²) in [5.74, 6) is 1.44. The van der Waals surface area contributed by atoms with Crippen LogP contribution in [0, 0.1) is 0 Å². The Hall–Kier alpha value is -2.87. The Morgan fingerprint density at radius 1 is 1.21 bits per heavy atom. The standard InChI is InChI=1S/C16H21N7O/c1-17-13-3-2-12(10-14(13)20-11-24)21-15-4-5-19-16(22-15)23-8-6-18-7-9-23/h2-5,10-11,17-18H,6-9H2,1H3,(H,20,24)(H,19,21,22). The predicted molar refractivity (Wildman–Crippen MR) is 96.1 cm³/mol. The minimum Gasteiger partial charge on any atom is -0.386 e. The Bertz CT molecular complexity index is 701. The number of piperazine rings is 1. The maximum atomic E-state index is 10.7. The number of carbonyl (C=O) groups excluding carboxylic acids is 1. The first-order valence-corrected chi connectivity index (χ1v) is 7.88. The van der Waals surface area contributed by atoms with Crippen molar-refractivity contribution in [1.29, 1.82) is 0 Å². The number of amides is 1. The van der Waals surface area contributed by atoms with Crippen LogP contribution in [0.1, 0.15) is 0 Å². The zero-order chi connectivity index (χ0) is 16.8. The van der Waals surface area contributed by atoms with Crippen LogP contribution in [-0.2, 0) is 4.79 Å². The highest BCUT2D eigenvalue weighted by Gasteiger charge is 2.13. The molecule has 1 fully saturated rings. The van der Waals surface area contributed by atoms with E-state index in [1.807, 2.05) is 31.3 Å². The molecule has 1 aliphatic heterocycles. The molecule has 3 rings (SSSR count). The van der Waals surface area contributed by atoms with Gasteiger partial charge in [-0.2, -0.15) is 4.98 Å². The number of nitrogens with zero attached hydrogens (tertiary/aromatic N) is 3. The maximum Gasteiger partial charge on any atom is 0.227 e. The maximum absolute atomic E-state index is 10.7. The molecule has 0 saturated carbocycles. The first kappa shape index (κ1) is 16.0. The van der Waals surface area contributed by atoms with E-state index in [9.17, 15) is 4.79 Å². The van der Waals surface area contributed by atoms with Gasteiger partial charge in [-0.1, -0.05) is 0 Å². The van der Waals surface area contributed by atoms with Gasteiger partial charge in [0, 0.05) is 45.1 Å². The summed E-state index contributed by atoms with van der Waals surface area (Å²) in [5.41, 5.74) is 2.38. The third-order valence-electron chi connectivity index (χ3n) is 3.82. The molecule has 0 spiro atoms. The molecule has 8 heteroatoms. The van der Waals surface area contributed by atoms with Gasteiger partial charge in [-0.15, -0.1) is 0 Å². The van der Waals surface area contributed by atoms with E-state index in [2.05, 4.69) is 36.1 Å². The summed E-state index contributed by atoms with van der Waals surface area (Å²) in [6, 6.07) is 7.50. The minimum absolute atomic E-state index is 0.660. The van der Waals surface area contributed by atoms with Crippen LogP contribution in [0.3, 0.4) is 0 Å². The molecule has 0 atom stereocenters. The molecule has 1 aliphatic rings. The van der Waals surface area contributed by atoms with Gasteiger partial charge in [-0.05, 0) is 24.3 Å². The number of aromatic nitrogens is 2. The third kappa shape index (κ3) is 3.72. The zero-order valence-corrected chi connectivity index (χ0v) is 13.5. The van der Waals surface area contributed by atoms with Crippen molar-refractivity contribution < 1.29 is 4.79 Å². The number of anilines is 5. The number of benzene rings is 1. The number of rotatable bonds is 6. The molecule has 8 nitrogen and oxygen atoms in total. The fraction of sp³-hybridized carbons (Fsp3) is 0.312. The minimum atomic E-state index is 0.660. The van der Waals surface area contributed by atoms with Crippen LogP contribution in [-0.4, -0.2) is 49.6 Å². The summed E-state index contributed by atoms with van der Waals surface area (Å²) in [6.45, 7) is 3.67. The topological polar surface area (TPSA) is 94.2 Å². The van der Waals surface area contributed by atoms with Crippen molar-refractivity contribution in [2.24, 2.45) is 0 Å². The molecule has 0 radical (unpaired) electrons. The average molecular weight is 327 g/mol. The second-order valence-corrected chi connectivity index (χ2v) is 5.38. The van der Waals surface area contributed by atoms with Crippen molar-refractivity contribution in [3.05, 3.63) is 30.5 Å². The molecule has 4 N–H and O–H groups in total. The van der Waals surface area contributed by atoms with Gasteiger partial charge < -0.3 is 26.2 Å². The predicted octanol–water partition coefficient (Wildman–Crippen LogP) is 1.24. The molecular formula is C16H21N7O. The molecule has 126 valence electrons. The van der Waals surface area contributed by atoms with Crippen LogP contribution in [0.15, 0.2) is 30.5 Å².